The van der Waals surface area contributed by atoms with Gasteiger partial charge in [0, 0.05) is 10.4 Å². The second-order valence-corrected chi connectivity index (χ2v) is 5.81. The lowest BCUT2D eigenvalue weighted by Gasteiger charge is -2.05. The first-order chi connectivity index (χ1) is 9.61. The number of halogens is 2. The number of ether oxygens (including phenoxy) is 1. The fourth-order valence-corrected chi connectivity index (χ4v) is 3.41. The summed E-state index contributed by atoms with van der Waals surface area (Å²) in [5.41, 5.74) is 2.38. The van der Waals surface area contributed by atoms with E-state index in [4.69, 9.17) is 16.3 Å². The van der Waals surface area contributed by atoms with Crippen molar-refractivity contribution in [3.63, 3.8) is 0 Å². The minimum absolute atomic E-state index is 0.221. The van der Waals surface area contributed by atoms with Gasteiger partial charge in [0.15, 0.2) is 11.6 Å². The third kappa shape index (κ3) is 2.03. The van der Waals surface area contributed by atoms with Crippen molar-refractivity contribution in [2.75, 3.05) is 7.11 Å². The van der Waals surface area contributed by atoms with Crippen LogP contribution >= 0.6 is 22.9 Å². The Hall–Kier alpha value is -1.72. The molecule has 0 radical (unpaired) electrons. The lowest BCUT2D eigenvalue weighted by molar-refractivity contribution is 0.386. The van der Waals surface area contributed by atoms with Gasteiger partial charge in [-0.3, -0.25) is 0 Å². The Morgan fingerprint density at radius 3 is 2.80 bits per heavy atom. The summed E-state index contributed by atoms with van der Waals surface area (Å²) in [4.78, 5) is 9.26. The van der Waals surface area contributed by atoms with Crippen LogP contribution in [-0.2, 0) is 0 Å². The van der Waals surface area contributed by atoms with Gasteiger partial charge in [0.25, 0.3) is 0 Å². The summed E-state index contributed by atoms with van der Waals surface area (Å²) in [6.45, 7) is 1.96. The third-order valence-electron chi connectivity index (χ3n) is 3.04. The first-order valence-electron chi connectivity index (χ1n) is 5.85. The van der Waals surface area contributed by atoms with Crippen LogP contribution in [0, 0.1) is 12.7 Å². The molecule has 0 spiro atoms. The Labute approximate surface area is 124 Å². The van der Waals surface area contributed by atoms with Crippen LogP contribution in [0.5, 0.6) is 5.75 Å². The molecule has 2 aromatic heterocycles. The van der Waals surface area contributed by atoms with Crippen LogP contribution < -0.4 is 4.74 Å². The maximum Gasteiger partial charge on any atom is 0.165 e. The zero-order chi connectivity index (χ0) is 14.3. The number of hydrogen-bond acceptors (Lipinski definition) is 4. The molecule has 1 aromatic carbocycles. The van der Waals surface area contributed by atoms with Crippen LogP contribution in [0.2, 0.25) is 5.15 Å². The normalized spacial score (nSPS) is 11.0. The summed E-state index contributed by atoms with van der Waals surface area (Å²) in [6.07, 6.45) is 1.42. The number of fused-ring (bicyclic) bond motifs is 1. The predicted molar refractivity (Wildman–Crippen MR) is 79.1 cm³/mol. The van der Waals surface area contributed by atoms with Crippen LogP contribution in [0.3, 0.4) is 0 Å². The van der Waals surface area contributed by atoms with Crippen LogP contribution in [-0.4, -0.2) is 17.1 Å². The van der Waals surface area contributed by atoms with E-state index in [0.717, 1.165) is 26.2 Å². The minimum Gasteiger partial charge on any atom is -0.494 e. The quantitative estimate of drug-likeness (QED) is 0.655. The van der Waals surface area contributed by atoms with Gasteiger partial charge >= 0.3 is 0 Å². The van der Waals surface area contributed by atoms with Crippen LogP contribution in [0.25, 0.3) is 21.3 Å². The van der Waals surface area contributed by atoms with Gasteiger partial charge < -0.3 is 4.74 Å². The van der Waals surface area contributed by atoms with Crippen molar-refractivity contribution in [3.05, 3.63) is 40.4 Å². The van der Waals surface area contributed by atoms with E-state index < -0.39 is 5.82 Å². The van der Waals surface area contributed by atoms with E-state index in [1.807, 2.05) is 13.0 Å². The summed E-state index contributed by atoms with van der Waals surface area (Å²) in [6, 6.07) is 4.87. The lowest BCUT2D eigenvalue weighted by Crippen LogP contribution is -1.89. The van der Waals surface area contributed by atoms with E-state index in [-0.39, 0.29) is 5.75 Å². The average molecular weight is 309 g/mol. The Morgan fingerprint density at radius 2 is 2.10 bits per heavy atom. The van der Waals surface area contributed by atoms with Gasteiger partial charge in [-0.15, -0.1) is 11.3 Å². The van der Waals surface area contributed by atoms with Crippen molar-refractivity contribution >= 4 is 33.2 Å². The Kier molecular flexibility index (Phi) is 3.31. The highest BCUT2D eigenvalue weighted by Crippen LogP contribution is 2.40. The molecule has 0 aliphatic rings. The highest BCUT2D eigenvalue weighted by Gasteiger charge is 2.16. The van der Waals surface area contributed by atoms with E-state index in [2.05, 4.69) is 9.97 Å². The summed E-state index contributed by atoms with van der Waals surface area (Å²) < 4.78 is 19.6. The Morgan fingerprint density at radius 1 is 1.30 bits per heavy atom. The van der Waals surface area contributed by atoms with Crippen molar-refractivity contribution in [2.45, 2.75) is 6.92 Å². The number of aromatic nitrogens is 2. The minimum atomic E-state index is -0.399. The molecule has 3 aromatic rings. The predicted octanol–water partition coefficient (Wildman–Crippen LogP) is 4.47. The molecule has 0 amide bonds. The zero-order valence-electron chi connectivity index (χ0n) is 10.8. The zero-order valence-corrected chi connectivity index (χ0v) is 12.3. The molecule has 0 N–H and O–H groups in total. The van der Waals surface area contributed by atoms with Gasteiger partial charge in [-0.25, -0.2) is 14.4 Å². The largest absolute Gasteiger partial charge is 0.494 e. The third-order valence-corrected chi connectivity index (χ3v) is 4.54. The molecule has 0 bridgehead atoms. The highest BCUT2D eigenvalue weighted by atomic mass is 35.5. The van der Waals surface area contributed by atoms with Crippen molar-refractivity contribution < 1.29 is 9.13 Å². The summed E-state index contributed by atoms with van der Waals surface area (Å²) in [5, 5.41) is 0.420. The summed E-state index contributed by atoms with van der Waals surface area (Å²) in [7, 11) is 1.44. The summed E-state index contributed by atoms with van der Waals surface area (Å²) in [5.74, 6) is -0.178. The maximum atomic E-state index is 13.9. The first kappa shape index (κ1) is 13.3. The van der Waals surface area contributed by atoms with Gasteiger partial charge in [-0.2, -0.15) is 0 Å². The number of rotatable bonds is 2. The molecule has 0 fully saturated rings. The van der Waals surface area contributed by atoms with Crippen LogP contribution in [0.4, 0.5) is 4.39 Å². The molecule has 0 saturated carbocycles. The van der Waals surface area contributed by atoms with Gasteiger partial charge in [-0.1, -0.05) is 17.7 Å². The van der Waals surface area contributed by atoms with E-state index >= 15 is 0 Å². The molecular formula is C14H10ClFN2OS. The molecule has 0 unspecified atom stereocenters. The van der Waals surface area contributed by atoms with Crippen molar-refractivity contribution in [1.82, 2.24) is 9.97 Å². The van der Waals surface area contributed by atoms with Crippen LogP contribution in [0.15, 0.2) is 24.5 Å². The molecule has 0 saturated heterocycles. The monoisotopic (exact) mass is 308 g/mol. The van der Waals surface area contributed by atoms with Gasteiger partial charge in [0.05, 0.1) is 17.3 Å². The van der Waals surface area contributed by atoms with E-state index in [0.29, 0.717) is 5.15 Å². The number of hydrogen-bond donors (Lipinski definition) is 0. The fraction of sp³-hybridized carbons (Fsp3) is 0.143. The van der Waals surface area contributed by atoms with Gasteiger partial charge in [-0.05, 0) is 24.6 Å². The molecule has 0 aliphatic carbocycles. The van der Waals surface area contributed by atoms with Crippen LogP contribution in [0.1, 0.15) is 4.88 Å². The van der Waals surface area contributed by atoms with Crippen molar-refractivity contribution in [1.29, 1.82) is 0 Å². The van der Waals surface area contributed by atoms with Crippen molar-refractivity contribution in [3.8, 4) is 16.9 Å². The smallest absolute Gasteiger partial charge is 0.165 e. The molecule has 0 aliphatic heterocycles. The number of methoxy groups -OCH3 is 1. The molecule has 20 heavy (non-hydrogen) atoms. The summed E-state index contributed by atoms with van der Waals surface area (Å²) >= 11 is 7.58. The molecule has 6 heteroatoms. The topological polar surface area (TPSA) is 35.0 Å². The lowest BCUT2D eigenvalue weighted by atomic mass is 10.1. The number of nitrogens with zero attached hydrogens (tertiary/aromatic N) is 2. The average Bonchev–Trinajstić information content (AvgIpc) is 2.76. The van der Waals surface area contributed by atoms with Gasteiger partial charge in [0.2, 0.25) is 0 Å². The van der Waals surface area contributed by atoms with E-state index in [1.165, 1.54) is 30.8 Å². The molecule has 2 heterocycles. The Balaban J connectivity index is 2.27. The number of aryl methyl sites for hydroxylation is 1. The van der Waals surface area contributed by atoms with E-state index in [9.17, 15) is 4.39 Å². The molecular weight excluding hydrogens is 299 g/mol. The number of thiophene rings is 1. The standard InChI is InChI=1S/C14H10ClFN2OS/c1-7-11(8-3-4-10(19-2)9(16)5-8)12-13(20-7)14(15)18-6-17-12/h3-6H,1-2H3. The number of benzene rings is 1. The van der Waals surface area contributed by atoms with E-state index in [1.54, 1.807) is 6.07 Å². The fourth-order valence-electron chi connectivity index (χ4n) is 2.15. The molecule has 102 valence electrons. The first-order valence-corrected chi connectivity index (χ1v) is 7.04. The van der Waals surface area contributed by atoms with Crippen molar-refractivity contribution in [2.24, 2.45) is 0 Å². The molecule has 0 atom stereocenters. The molecule has 3 rings (SSSR count). The SMILES string of the molecule is COc1ccc(-c2c(C)sc3c(Cl)ncnc23)cc1F. The maximum absolute atomic E-state index is 13.9. The Bertz CT molecular complexity index is 803. The second kappa shape index (κ2) is 5.00. The van der Waals surface area contributed by atoms with Gasteiger partial charge in [0.1, 0.15) is 11.5 Å². The second-order valence-electron chi connectivity index (χ2n) is 4.22. The highest BCUT2D eigenvalue weighted by molar-refractivity contribution is 7.20. The molecule has 3 nitrogen and oxygen atoms in total.